The van der Waals surface area contributed by atoms with Gasteiger partial charge in [-0.05, 0) is 43.7 Å². The first kappa shape index (κ1) is 13.1. The Labute approximate surface area is 122 Å². The monoisotopic (exact) mass is 283 g/mol. The van der Waals surface area contributed by atoms with Gasteiger partial charge in [0.15, 0.2) is 0 Å². The highest BCUT2D eigenvalue weighted by molar-refractivity contribution is 7.98. The van der Waals surface area contributed by atoms with Crippen LogP contribution >= 0.6 is 11.8 Å². The molecule has 1 heterocycles. The zero-order chi connectivity index (χ0) is 14.1. The summed E-state index contributed by atoms with van der Waals surface area (Å²) in [7, 11) is 0. The molecule has 0 radical (unpaired) electrons. The molecule has 0 bridgehead atoms. The predicted molar refractivity (Wildman–Crippen MR) is 86.0 cm³/mol. The van der Waals surface area contributed by atoms with Crippen molar-refractivity contribution < 1.29 is 0 Å². The predicted octanol–water partition coefficient (Wildman–Crippen LogP) is 4.05. The lowest BCUT2D eigenvalue weighted by atomic mass is 10.2. The summed E-state index contributed by atoms with van der Waals surface area (Å²) in [4.78, 5) is 9.21. The van der Waals surface area contributed by atoms with E-state index in [0.717, 1.165) is 28.3 Å². The second-order valence-electron chi connectivity index (χ2n) is 5.02. The number of nitrogens with one attached hydrogen (secondary N) is 1. The second-order valence-corrected chi connectivity index (χ2v) is 6.03. The maximum Gasteiger partial charge on any atom is 0.117 e. The minimum Gasteiger partial charge on any atom is -0.399 e. The average Bonchev–Trinajstić information content (AvgIpc) is 2.79. The molecule has 0 aliphatic rings. The van der Waals surface area contributed by atoms with E-state index in [0.29, 0.717) is 0 Å². The standard InChI is InChI=1S/C16H17N3S/c1-10-3-6-15(11(2)7-10)20-9-16-18-13-5-4-12(17)8-14(13)19-16/h3-8H,9,17H2,1-2H3,(H,18,19). The van der Waals surface area contributed by atoms with Gasteiger partial charge >= 0.3 is 0 Å². The van der Waals surface area contributed by atoms with E-state index < -0.39 is 0 Å². The van der Waals surface area contributed by atoms with Crippen LogP contribution in [-0.2, 0) is 5.75 Å². The van der Waals surface area contributed by atoms with Gasteiger partial charge in [-0.3, -0.25) is 0 Å². The van der Waals surface area contributed by atoms with E-state index in [1.54, 1.807) is 11.8 Å². The molecule has 0 aliphatic heterocycles. The van der Waals surface area contributed by atoms with E-state index >= 15 is 0 Å². The van der Waals surface area contributed by atoms with Crippen LogP contribution < -0.4 is 5.73 Å². The summed E-state index contributed by atoms with van der Waals surface area (Å²) in [6.45, 7) is 4.26. The number of aryl methyl sites for hydroxylation is 2. The second kappa shape index (κ2) is 5.21. The Morgan fingerprint density at radius 3 is 2.80 bits per heavy atom. The Bertz CT molecular complexity index is 762. The third kappa shape index (κ3) is 2.65. The van der Waals surface area contributed by atoms with E-state index in [9.17, 15) is 0 Å². The van der Waals surface area contributed by atoms with E-state index in [1.165, 1.54) is 16.0 Å². The number of nitrogens with two attached hydrogens (primary N) is 1. The summed E-state index contributed by atoms with van der Waals surface area (Å²) in [6.07, 6.45) is 0. The van der Waals surface area contributed by atoms with Crippen LogP contribution in [0, 0.1) is 13.8 Å². The molecule has 4 heteroatoms. The lowest BCUT2D eigenvalue weighted by Gasteiger charge is -2.05. The molecule has 20 heavy (non-hydrogen) atoms. The fourth-order valence-corrected chi connectivity index (χ4v) is 3.14. The summed E-state index contributed by atoms with van der Waals surface area (Å²) >= 11 is 1.80. The van der Waals surface area contributed by atoms with Crippen molar-refractivity contribution in [3.8, 4) is 0 Å². The van der Waals surface area contributed by atoms with Crippen molar-refractivity contribution in [3.05, 3.63) is 53.3 Å². The summed E-state index contributed by atoms with van der Waals surface area (Å²) in [5.74, 6) is 1.81. The molecule has 0 aliphatic carbocycles. The molecule has 0 fully saturated rings. The molecule has 2 aromatic carbocycles. The molecular weight excluding hydrogens is 266 g/mol. The van der Waals surface area contributed by atoms with Gasteiger partial charge in [-0.1, -0.05) is 17.7 Å². The van der Waals surface area contributed by atoms with Crippen molar-refractivity contribution in [2.75, 3.05) is 5.73 Å². The number of hydrogen-bond acceptors (Lipinski definition) is 3. The minimum absolute atomic E-state index is 0.759. The van der Waals surface area contributed by atoms with Crippen LogP contribution in [0.15, 0.2) is 41.3 Å². The third-order valence-electron chi connectivity index (χ3n) is 3.25. The van der Waals surface area contributed by atoms with Crippen molar-refractivity contribution in [3.63, 3.8) is 0 Å². The Hall–Kier alpha value is -1.94. The first-order valence-electron chi connectivity index (χ1n) is 6.56. The Morgan fingerprint density at radius 1 is 1.15 bits per heavy atom. The molecule has 102 valence electrons. The number of fused-ring (bicyclic) bond motifs is 1. The molecule has 1 aromatic heterocycles. The molecule has 0 saturated carbocycles. The first-order chi connectivity index (χ1) is 9.61. The maximum atomic E-state index is 5.78. The van der Waals surface area contributed by atoms with E-state index in [1.807, 2.05) is 18.2 Å². The van der Waals surface area contributed by atoms with Crippen LogP contribution in [0.4, 0.5) is 5.69 Å². The quantitative estimate of drug-likeness (QED) is 0.563. The molecule has 0 saturated heterocycles. The summed E-state index contributed by atoms with van der Waals surface area (Å²) in [6, 6.07) is 12.3. The molecule has 3 nitrogen and oxygen atoms in total. The van der Waals surface area contributed by atoms with Gasteiger partial charge in [-0.2, -0.15) is 0 Å². The van der Waals surface area contributed by atoms with Crippen LogP contribution in [-0.4, -0.2) is 9.97 Å². The lowest BCUT2D eigenvalue weighted by molar-refractivity contribution is 1.13. The Balaban J connectivity index is 1.79. The van der Waals surface area contributed by atoms with Crippen LogP contribution in [0.3, 0.4) is 0 Å². The number of hydrogen-bond donors (Lipinski definition) is 2. The van der Waals surface area contributed by atoms with Crippen LogP contribution in [0.5, 0.6) is 0 Å². The highest BCUT2D eigenvalue weighted by Gasteiger charge is 2.05. The first-order valence-corrected chi connectivity index (χ1v) is 7.54. The number of aromatic nitrogens is 2. The molecule has 0 spiro atoms. The maximum absolute atomic E-state index is 5.78. The van der Waals surface area contributed by atoms with Crippen molar-refractivity contribution in [2.45, 2.75) is 24.5 Å². The van der Waals surface area contributed by atoms with Crippen LogP contribution in [0.1, 0.15) is 17.0 Å². The molecule has 3 N–H and O–H groups in total. The normalized spacial score (nSPS) is 11.1. The molecular formula is C16H17N3S. The van der Waals surface area contributed by atoms with Crippen molar-refractivity contribution >= 4 is 28.5 Å². The van der Waals surface area contributed by atoms with Gasteiger partial charge in [0.1, 0.15) is 5.82 Å². The van der Waals surface area contributed by atoms with Gasteiger partial charge in [0, 0.05) is 10.6 Å². The number of aromatic amines is 1. The zero-order valence-corrected chi connectivity index (χ0v) is 12.4. The SMILES string of the molecule is Cc1ccc(SCc2nc3ccc(N)cc3[nH]2)c(C)c1. The van der Waals surface area contributed by atoms with Crippen molar-refractivity contribution in [2.24, 2.45) is 0 Å². The number of H-pyrrole nitrogens is 1. The number of rotatable bonds is 3. The van der Waals surface area contributed by atoms with E-state index in [2.05, 4.69) is 42.0 Å². The zero-order valence-electron chi connectivity index (χ0n) is 11.6. The summed E-state index contributed by atoms with van der Waals surface area (Å²) in [5.41, 5.74) is 11.1. The Morgan fingerprint density at radius 2 is 2.00 bits per heavy atom. The van der Waals surface area contributed by atoms with Gasteiger partial charge in [0.2, 0.25) is 0 Å². The molecule has 0 unspecified atom stereocenters. The third-order valence-corrected chi connectivity index (χ3v) is 4.44. The van der Waals surface area contributed by atoms with E-state index in [-0.39, 0.29) is 0 Å². The smallest absolute Gasteiger partial charge is 0.117 e. The van der Waals surface area contributed by atoms with Gasteiger partial charge in [0.05, 0.1) is 16.8 Å². The average molecular weight is 283 g/mol. The topological polar surface area (TPSA) is 54.7 Å². The van der Waals surface area contributed by atoms with Crippen molar-refractivity contribution in [1.29, 1.82) is 0 Å². The van der Waals surface area contributed by atoms with Crippen LogP contribution in [0.2, 0.25) is 0 Å². The minimum atomic E-state index is 0.759. The summed E-state index contributed by atoms with van der Waals surface area (Å²) in [5, 5.41) is 0. The number of benzene rings is 2. The van der Waals surface area contributed by atoms with Gasteiger partial charge < -0.3 is 10.7 Å². The molecule has 0 atom stereocenters. The van der Waals surface area contributed by atoms with Gasteiger partial charge in [0.25, 0.3) is 0 Å². The van der Waals surface area contributed by atoms with Crippen LogP contribution in [0.25, 0.3) is 11.0 Å². The number of thioether (sulfide) groups is 1. The summed E-state index contributed by atoms with van der Waals surface area (Å²) < 4.78 is 0. The highest BCUT2D eigenvalue weighted by atomic mass is 32.2. The fraction of sp³-hybridized carbons (Fsp3) is 0.188. The highest BCUT2D eigenvalue weighted by Crippen LogP contribution is 2.26. The fourth-order valence-electron chi connectivity index (χ4n) is 2.26. The van der Waals surface area contributed by atoms with Gasteiger partial charge in [-0.25, -0.2) is 4.98 Å². The van der Waals surface area contributed by atoms with Crippen molar-refractivity contribution in [1.82, 2.24) is 9.97 Å². The molecule has 3 rings (SSSR count). The molecule has 3 aromatic rings. The molecule has 0 amide bonds. The number of nitrogens with zero attached hydrogens (tertiary/aromatic N) is 1. The largest absolute Gasteiger partial charge is 0.399 e. The number of anilines is 1. The Kier molecular flexibility index (Phi) is 3.40. The number of imidazole rings is 1. The lowest BCUT2D eigenvalue weighted by Crippen LogP contribution is -1.86. The van der Waals surface area contributed by atoms with Gasteiger partial charge in [-0.15, -0.1) is 11.8 Å². The number of nitrogen functional groups attached to an aromatic ring is 1. The van der Waals surface area contributed by atoms with E-state index in [4.69, 9.17) is 5.73 Å².